The number of nitrogens with zero attached hydrogens (tertiary/aromatic N) is 1. The lowest BCUT2D eigenvalue weighted by molar-refractivity contribution is 0.0544. The Hall–Kier alpha value is -1.71. The van der Waals surface area contributed by atoms with Crippen LogP contribution in [0, 0.1) is 0 Å². The Kier molecular flexibility index (Phi) is 2.73. The quantitative estimate of drug-likeness (QED) is 0.646. The predicted molar refractivity (Wildman–Crippen MR) is 69.0 cm³/mol. The number of benzene rings is 1. The highest BCUT2D eigenvalue weighted by atomic mass is 16.6. The van der Waals surface area contributed by atoms with Gasteiger partial charge in [-0.05, 0) is 38.3 Å². The summed E-state index contributed by atoms with van der Waals surface area (Å²) in [7, 11) is 5.83. The van der Waals surface area contributed by atoms with Gasteiger partial charge >= 0.3 is 6.09 Å². The third kappa shape index (κ3) is 2.35. The molecule has 1 aromatic carbocycles. The molecule has 0 aliphatic rings. The Bertz CT molecular complexity index is 566. The average Bonchev–Trinajstić information content (AvgIpc) is 2.60. The van der Waals surface area contributed by atoms with Gasteiger partial charge in [-0.2, -0.15) is 0 Å². The molecule has 0 unspecified atom stereocenters. The first-order valence-electron chi connectivity index (χ1n) is 5.47. The number of carbonyl (C=O) groups excluding carboxylic acids is 1. The summed E-state index contributed by atoms with van der Waals surface area (Å²) in [5.41, 5.74) is 0.914. The fourth-order valence-corrected chi connectivity index (χ4v) is 1.66. The zero-order valence-electron chi connectivity index (χ0n) is 10.2. The second kappa shape index (κ2) is 3.95. The van der Waals surface area contributed by atoms with Crippen molar-refractivity contribution in [2.24, 2.45) is 0 Å². The van der Waals surface area contributed by atoms with Crippen LogP contribution in [0.2, 0.25) is 0 Å². The third-order valence-corrected chi connectivity index (χ3v) is 2.36. The van der Waals surface area contributed by atoms with Gasteiger partial charge in [-0.25, -0.2) is 4.79 Å². The molecule has 17 heavy (non-hydrogen) atoms. The van der Waals surface area contributed by atoms with Crippen LogP contribution in [-0.2, 0) is 4.74 Å². The molecule has 1 aromatic heterocycles. The molecule has 4 heteroatoms. The molecule has 0 spiro atoms. The highest BCUT2D eigenvalue weighted by Crippen LogP contribution is 2.16. The van der Waals surface area contributed by atoms with E-state index in [1.807, 2.05) is 45.0 Å². The number of aromatic nitrogens is 1. The molecule has 2 radical (unpaired) electrons. The maximum absolute atomic E-state index is 11.9. The van der Waals surface area contributed by atoms with Crippen molar-refractivity contribution in [2.45, 2.75) is 26.4 Å². The standard InChI is InChI=1S/C13H14BNO2/c1-13(2,3)17-12(16)15-8-7-9-10(14)5-4-6-11(9)15/h4-8H,1-3H3. The number of hydrogen-bond donors (Lipinski definition) is 0. The van der Waals surface area contributed by atoms with Crippen LogP contribution < -0.4 is 5.46 Å². The van der Waals surface area contributed by atoms with E-state index in [-0.39, 0.29) is 0 Å². The normalized spacial score (nSPS) is 11.7. The molecule has 0 atom stereocenters. The molecule has 3 nitrogen and oxygen atoms in total. The molecule has 0 bridgehead atoms. The summed E-state index contributed by atoms with van der Waals surface area (Å²) in [6.07, 6.45) is 1.29. The molecular formula is C13H14BNO2. The molecule has 0 fully saturated rings. The van der Waals surface area contributed by atoms with E-state index in [1.165, 1.54) is 4.57 Å². The van der Waals surface area contributed by atoms with Crippen molar-refractivity contribution in [2.75, 3.05) is 0 Å². The lowest BCUT2D eigenvalue weighted by Crippen LogP contribution is -2.26. The summed E-state index contributed by atoms with van der Waals surface area (Å²) in [5.74, 6) is 0. The fourth-order valence-electron chi connectivity index (χ4n) is 1.66. The molecule has 0 aliphatic heterocycles. The maximum Gasteiger partial charge on any atom is 0.418 e. The summed E-state index contributed by atoms with van der Waals surface area (Å²) in [5, 5.41) is 0.860. The van der Waals surface area contributed by atoms with Gasteiger partial charge in [-0.3, -0.25) is 4.57 Å². The SMILES string of the molecule is [B]c1cccc2c1ccn2C(=O)OC(C)(C)C. The van der Waals surface area contributed by atoms with E-state index >= 15 is 0 Å². The van der Waals surface area contributed by atoms with Crippen LogP contribution in [0.4, 0.5) is 4.79 Å². The average molecular weight is 227 g/mol. The van der Waals surface area contributed by atoms with Gasteiger partial charge in [-0.15, -0.1) is 0 Å². The van der Waals surface area contributed by atoms with Gasteiger partial charge < -0.3 is 4.74 Å². The second-order valence-corrected chi connectivity index (χ2v) is 4.95. The van der Waals surface area contributed by atoms with Gasteiger partial charge in [0.2, 0.25) is 0 Å². The van der Waals surface area contributed by atoms with Gasteiger partial charge in [0.15, 0.2) is 0 Å². The number of fused-ring (bicyclic) bond motifs is 1. The number of ether oxygens (including phenoxy) is 1. The van der Waals surface area contributed by atoms with E-state index < -0.39 is 11.7 Å². The van der Waals surface area contributed by atoms with Crippen molar-refractivity contribution in [1.82, 2.24) is 4.57 Å². The highest BCUT2D eigenvalue weighted by molar-refractivity contribution is 6.38. The summed E-state index contributed by atoms with van der Waals surface area (Å²) in [6.45, 7) is 5.51. The molecular weight excluding hydrogens is 213 g/mol. The van der Waals surface area contributed by atoms with Gasteiger partial charge in [0.1, 0.15) is 13.4 Å². The van der Waals surface area contributed by atoms with Crippen molar-refractivity contribution in [1.29, 1.82) is 0 Å². The molecule has 0 saturated carbocycles. The topological polar surface area (TPSA) is 31.2 Å². The molecule has 0 saturated heterocycles. The van der Waals surface area contributed by atoms with E-state index in [2.05, 4.69) is 0 Å². The van der Waals surface area contributed by atoms with E-state index in [0.717, 1.165) is 10.9 Å². The van der Waals surface area contributed by atoms with Crippen molar-refractivity contribution >= 4 is 30.3 Å². The van der Waals surface area contributed by atoms with Crippen molar-refractivity contribution in [3.8, 4) is 0 Å². The summed E-state index contributed by atoms with van der Waals surface area (Å²) >= 11 is 0. The minimum Gasteiger partial charge on any atom is -0.443 e. The number of carbonyl (C=O) groups is 1. The lowest BCUT2D eigenvalue weighted by atomic mass is 9.93. The maximum atomic E-state index is 11.9. The smallest absolute Gasteiger partial charge is 0.418 e. The van der Waals surface area contributed by atoms with E-state index in [4.69, 9.17) is 12.6 Å². The number of rotatable bonds is 0. The van der Waals surface area contributed by atoms with Crippen LogP contribution >= 0.6 is 0 Å². The Labute approximate surface area is 102 Å². The summed E-state index contributed by atoms with van der Waals surface area (Å²) < 4.78 is 6.78. The zero-order valence-corrected chi connectivity index (χ0v) is 10.2. The Morgan fingerprint density at radius 2 is 2.00 bits per heavy atom. The Morgan fingerprint density at radius 1 is 1.29 bits per heavy atom. The zero-order chi connectivity index (χ0) is 12.6. The molecule has 0 N–H and O–H groups in total. The van der Waals surface area contributed by atoms with Gasteiger partial charge in [0.05, 0.1) is 5.52 Å². The van der Waals surface area contributed by atoms with Gasteiger partial charge in [0, 0.05) is 6.20 Å². The van der Waals surface area contributed by atoms with E-state index in [9.17, 15) is 4.79 Å². The molecule has 2 rings (SSSR count). The molecule has 0 amide bonds. The van der Waals surface area contributed by atoms with Crippen LogP contribution in [0.1, 0.15) is 20.8 Å². The predicted octanol–water partition coefficient (Wildman–Crippen LogP) is 2.22. The van der Waals surface area contributed by atoms with Crippen molar-refractivity contribution in [3.05, 3.63) is 30.5 Å². The Balaban J connectivity index is 2.43. The van der Waals surface area contributed by atoms with Crippen LogP contribution in [0.15, 0.2) is 30.5 Å². The number of hydrogen-bond acceptors (Lipinski definition) is 2. The van der Waals surface area contributed by atoms with Gasteiger partial charge in [-0.1, -0.05) is 17.6 Å². The summed E-state index contributed by atoms with van der Waals surface area (Å²) in [6, 6.07) is 7.28. The second-order valence-electron chi connectivity index (χ2n) is 4.95. The largest absolute Gasteiger partial charge is 0.443 e. The first-order chi connectivity index (χ1) is 7.88. The third-order valence-electron chi connectivity index (χ3n) is 2.36. The first-order valence-corrected chi connectivity index (χ1v) is 5.47. The van der Waals surface area contributed by atoms with Crippen LogP contribution in [-0.4, -0.2) is 24.1 Å². The molecule has 2 aromatic rings. The minimum atomic E-state index is -0.506. The molecule has 0 aliphatic carbocycles. The van der Waals surface area contributed by atoms with E-state index in [1.54, 1.807) is 6.20 Å². The fraction of sp³-hybridized carbons (Fsp3) is 0.308. The van der Waals surface area contributed by atoms with Crippen LogP contribution in [0.5, 0.6) is 0 Å². The van der Waals surface area contributed by atoms with Crippen LogP contribution in [0.25, 0.3) is 10.9 Å². The first kappa shape index (κ1) is 11.8. The highest BCUT2D eigenvalue weighted by Gasteiger charge is 2.18. The Morgan fingerprint density at radius 3 is 2.65 bits per heavy atom. The van der Waals surface area contributed by atoms with E-state index in [0.29, 0.717) is 5.46 Å². The van der Waals surface area contributed by atoms with Crippen LogP contribution in [0.3, 0.4) is 0 Å². The van der Waals surface area contributed by atoms with Crippen molar-refractivity contribution < 1.29 is 9.53 Å². The van der Waals surface area contributed by atoms with Crippen molar-refractivity contribution in [3.63, 3.8) is 0 Å². The molecule has 1 heterocycles. The lowest BCUT2D eigenvalue weighted by Gasteiger charge is -2.19. The molecule has 86 valence electrons. The van der Waals surface area contributed by atoms with Gasteiger partial charge in [0.25, 0.3) is 0 Å². The summed E-state index contributed by atoms with van der Waals surface area (Å²) in [4.78, 5) is 11.9. The minimum absolute atomic E-state index is 0.391. The monoisotopic (exact) mass is 227 g/mol.